The van der Waals surface area contributed by atoms with Gasteiger partial charge in [-0.1, -0.05) is 78.4 Å². The first-order valence-electron chi connectivity index (χ1n) is 11.5. The lowest BCUT2D eigenvalue weighted by Gasteiger charge is -2.45. The molecular weight excluding hydrogens is 434 g/mol. The lowest BCUT2D eigenvalue weighted by atomic mass is 9.72. The monoisotopic (exact) mass is 461 g/mol. The molecule has 0 amide bonds. The van der Waals surface area contributed by atoms with Crippen molar-refractivity contribution in [2.24, 2.45) is 11.8 Å². The van der Waals surface area contributed by atoms with E-state index >= 15 is 0 Å². The van der Waals surface area contributed by atoms with Crippen LogP contribution >= 0.6 is 0 Å². The number of aryl methyl sites for hydroxylation is 1. The smallest absolute Gasteiger partial charge is 0.243 e. The third-order valence-corrected chi connectivity index (χ3v) is 9.38. The fraction of sp³-hybridized carbons (Fsp3) is 0.333. The van der Waals surface area contributed by atoms with Gasteiger partial charge in [-0.15, -0.1) is 0 Å². The highest BCUT2D eigenvalue weighted by Crippen LogP contribution is 2.60. The summed E-state index contributed by atoms with van der Waals surface area (Å²) in [5.41, 5.74) is 2.39. The van der Waals surface area contributed by atoms with Crippen LogP contribution in [0.25, 0.3) is 0 Å². The molecule has 3 heterocycles. The van der Waals surface area contributed by atoms with Crippen molar-refractivity contribution in [3.05, 3.63) is 102 Å². The second kappa shape index (κ2) is 7.50. The standard InChI is InChI=1S/C27H27NO4S/c1-20-12-14-24(15-13-20)33(29,30)28-17-21-16-27(23-10-6-3-7-11-23)31-19-26(32-27,25(21)18-28)22-8-4-2-5-9-22/h2-15,21,25H,16-19H2,1H3/t21-,25-,26+,27+/m0/s1. The molecule has 5 nitrogen and oxygen atoms in total. The molecule has 3 aliphatic rings. The number of fused-ring (bicyclic) bond motifs is 4. The predicted molar refractivity (Wildman–Crippen MR) is 125 cm³/mol. The van der Waals surface area contributed by atoms with Gasteiger partial charge >= 0.3 is 0 Å². The Balaban J connectivity index is 1.42. The van der Waals surface area contributed by atoms with Gasteiger partial charge in [-0.3, -0.25) is 0 Å². The van der Waals surface area contributed by atoms with Gasteiger partial charge in [0.25, 0.3) is 0 Å². The molecule has 3 aliphatic heterocycles. The van der Waals surface area contributed by atoms with Crippen molar-refractivity contribution in [1.82, 2.24) is 4.31 Å². The minimum absolute atomic E-state index is 0.0134. The molecule has 0 spiro atoms. The summed E-state index contributed by atoms with van der Waals surface area (Å²) in [6, 6.07) is 27.3. The highest BCUT2D eigenvalue weighted by Gasteiger charge is 2.65. The molecule has 0 aromatic heterocycles. The molecule has 6 rings (SSSR count). The van der Waals surface area contributed by atoms with Crippen LogP contribution in [0.5, 0.6) is 0 Å². The highest BCUT2D eigenvalue weighted by atomic mass is 32.2. The SMILES string of the molecule is Cc1ccc(S(=O)(=O)N2C[C@@H]3C[C@@]4(c5ccccc5)OC[C@](c5ccccc5)(O4)[C@H]3C2)cc1. The molecule has 4 atom stereocenters. The Bertz CT molecular complexity index is 1260. The lowest BCUT2D eigenvalue weighted by Crippen LogP contribution is -2.48. The number of hydrogen-bond donors (Lipinski definition) is 0. The van der Waals surface area contributed by atoms with Gasteiger partial charge in [0, 0.05) is 31.0 Å². The summed E-state index contributed by atoms with van der Waals surface area (Å²) < 4.78 is 42.1. The zero-order valence-corrected chi connectivity index (χ0v) is 19.4. The van der Waals surface area contributed by atoms with Crippen molar-refractivity contribution in [1.29, 1.82) is 0 Å². The third-order valence-electron chi connectivity index (χ3n) is 7.54. The molecule has 3 saturated heterocycles. The minimum atomic E-state index is -3.59. The van der Waals surface area contributed by atoms with Crippen LogP contribution in [0.1, 0.15) is 23.1 Å². The Morgan fingerprint density at radius 1 is 0.848 bits per heavy atom. The van der Waals surface area contributed by atoms with E-state index in [0.717, 1.165) is 16.7 Å². The van der Waals surface area contributed by atoms with Crippen molar-refractivity contribution in [3.8, 4) is 0 Å². The second-order valence-corrected chi connectivity index (χ2v) is 11.4. The predicted octanol–water partition coefficient (Wildman–Crippen LogP) is 4.43. The van der Waals surface area contributed by atoms with Crippen molar-refractivity contribution in [2.75, 3.05) is 19.7 Å². The summed E-state index contributed by atoms with van der Waals surface area (Å²) >= 11 is 0. The maximum atomic E-state index is 13.5. The molecule has 33 heavy (non-hydrogen) atoms. The Morgan fingerprint density at radius 2 is 1.48 bits per heavy atom. The molecule has 0 N–H and O–H groups in total. The normalized spacial score (nSPS) is 31.4. The molecule has 0 aliphatic carbocycles. The molecule has 3 aromatic rings. The van der Waals surface area contributed by atoms with E-state index in [4.69, 9.17) is 9.47 Å². The molecule has 3 aromatic carbocycles. The van der Waals surface area contributed by atoms with Crippen LogP contribution in [-0.2, 0) is 30.9 Å². The third kappa shape index (κ3) is 3.20. The molecule has 170 valence electrons. The van der Waals surface area contributed by atoms with Crippen molar-refractivity contribution >= 4 is 10.0 Å². The van der Waals surface area contributed by atoms with E-state index in [9.17, 15) is 8.42 Å². The Labute approximate surface area is 195 Å². The first-order valence-corrected chi connectivity index (χ1v) is 12.9. The summed E-state index contributed by atoms with van der Waals surface area (Å²) in [5.74, 6) is -0.719. The van der Waals surface area contributed by atoms with Crippen LogP contribution in [0.15, 0.2) is 89.8 Å². The maximum Gasteiger partial charge on any atom is 0.243 e. The van der Waals surface area contributed by atoms with Crippen molar-refractivity contribution < 1.29 is 17.9 Å². The largest absolute Gasteiger partial charge is 0.342 e. The van der Waals surface area contributed by atoms with E-state index in [0.29, 0.717) is 31.0 Å². The second-order valence-electron chi connectivity index (χ2n) is 9.47. The highest BCUT2D eigenvalue weighted by molar-refractivity contribution is 7.89. The van der Waals surface area contributed by atoms with Crippen LogP contribution in [0, 0.1) is 18.8 Å². The van der Waals surface area contributed by atoms with Gasteiger partial charge in [0.15, 0.2) is 5.79 Å². The fourth-order valence-electron chi connectivity index (χ4n) is 5.86. The Hall–Kier alpha value is -2.51. The topological polar surface area (TPSA) is 55.8 Å². The summed E-state index contributed by atoms with van der Waals surface area (Å²) in [6.45, 7) is 3.26. The average Bonchev–Trinajstić information content (AvgIpc) is 3.43. The summed E-state index contributed by atoms with van der Waals surface area (Å²) in [7, 11) is -3.59. The molecule has 0 saturated carbocycles. The van der Waals surface area contributed by atoms with E-state index in [2.05, 4.69) is 12.1 Å². The quantitative estimate of drug-likeness (QED) is 0.577. The van der Waals surface area contributed by atoms with E-state index in [1.165, 1.54) is 0 Å². The van der Waals surface area contributed by atoms with E-state index in [-0.39, 0.29) is 11.8 Å². The Morgan fingerprint density at radius 3 is 2.15 bits per heavy atom. The molecule has 6 heteroatoms. The van der Waals surface area contributed by atoms with Gasteiger partial charge in [-0.2, -0.15) is 4.31 Å². The number of benzene rings is 3. The van der Waals surface area contributed by atoms with Gasteiger partial charge in [0.2, 0.25) is 10.0 Å². The van der Waals surface area contributed by atoms with E-state index in [1.807, 2.05) is 67.6 Å². The number of sulfonamides is 1. The summed E-state index contributed by atoms with van der Waals surface area (Å²) in [4.78, 5) is 0.348. The first kappa shape index (κ1) is 21.1. The molecule has 2 bridgehead atoms. The van der Waals surface area contributed by atoms with E-state index in [1.54, 1.807) is 16.4 Å². The zero-order chi connectivity index (χ0) is 22.7. The van der Waals surface area contributed by atoms with Crippen LogP contribution in [0.4, 0.5) is 0 Å². The number of hydrogen-bond acceptors (Lipinski definition) is 4. The van der Waals surface area contributed by atoms with Crippen LogP contribution in [0.2, 0.25) is 0 Å². The number of nitrogens with zero attached hydrogens (tertiary/aromatic N) is 1. The minimum Gasteiger partial charge on any atom is -0.342 e. The fourth-order valence-corrected chi connectivity index (χ4v) is 7.38. The average molecular weight is 462 g/mol. The van der Waals surface area contributed by atoms with Gasteiger partial charge in [-0.05, 0) is 30.5 Å². The van der Waals surface area contributed by atoms with Crippen LogP contribution in [0.3, 0.4) is 0 Å². The molecule has 0 unspecified atom stereocenters. The number of ether oxygens (including phenoxy) is 2. The Kier molecular flexibility index (Phi) is 4.79. The first-order chi connectivity index (χ1) is 15.9. The van der Waals surface area contributed by atoms with E-state index < -0.39 is 21.4 Å². The molecular formula is C27H27NO4S. The van der Waals surface area contributed by atoms with Gasteiger partial charge in [-0.25, -0.2) is 8.42 Å². The number of rotatable bonds is 4. The van der Waals surface area contributed by atoms with Crippen LogP contribution in [-0.4, -0.2) is 32.4 Å². The molecule has 3 fully saturated rings. The van der Waals surface area contributed by atoms with Crippen molar-refractivity contribution in [3.63, 3.8) is 0 Å². The van der Waals surface area contributed by atoms with Gasteiger partial charge in [0.05, 0.1) is 11.5 Å². The van der Waals surface area contributed by atoms with Crippen molar-refractivity contribution in [2.45, 2.75) is 29.6 Å². The maximum absolute atomic E-state index is 13.5. The van der Waals surface area contributed by atoms with Crippen LogP contribution < -0.4 is 0 Å². The zero-order valence-electron chi connectivity index (χ0n) is 18.6. The molecule has 0 radical (unpaired) electrons. The lowest BCUT2D eigenvalue weighted by molar-refractivity contribution is -0.249. The summed E-state index contributed by atoms with van der Waals surface area (Å²) in [6.07, 6.45) is 0.635. The van der Waals surface area contributed by atoms with Gasteiger partial charge in [0.1, 0.15) is 5.60 Å². The summed E-state index contributed by atoms with van der Waals surface area (Å²) in [5, 5.41) is 0. The van der Waals surface area contributed by atoms with Gasteiger partial charge < -0.3 is 9.47 Å².